The van der Waals surface area contributed by atoms with Crippen molar-refractivity contribution in [2.45, 2.75) is 12.6 Å². The molecule has 0 aliphatic heterocycles. The van der Waals surface area contributed by atoms with Crippen molar-refractivity contribution in [3.63, 3.8) is 0 Å². The Kier molecular flexibility index (Phi) is 6.55. The maximum absolute atomic E-state index is 14.6. The number of urea groups is 1. The summed E-state index contributed by atoms with van der Waals surface area (Å²) in [5, 5.41) is 0.307. The molecule has 38 heavy (non-hydrogen) atoms. The first-order valence-corrected chi connectivity index (χ1v) is 11.7. The van der Waals surface area contributed by atoms with Crippen LogP contribution >= 0.6 is 0 Å². The number of anilines is 2. The van der Waals surface area contributed by atoms with E-state index in [2.05, 4.69) is 4.98 Å². The number of aromatic nitrogens is 1. The van der Waals surface area contributed by atoms with Gasteiger partial charge in [0.1, 0.15) is 5.82 Å². The molecule has 0 aliphatic rings. The lowest BCUT2D eigenvalue weighted by molar-refractivity contribution is -0.136. The number of amides is 2. The summed E-state index contributed by atoms with van der Waals surface area (Å²) in [6.07, 6.45) is -2.73. The van der Waals surface area contributed by atoms with Crippen LogP contribution in [0.5, 0.6) is 0 Å². The number of para-hydroxylation sites is 2. The monoisotopic (exact) mass is 515 g/mol. The number of primary amides is 1. The highest BCUT2D eigenvalue weighted by Crippen LogP contribution is 2.40. The van der Waals surface area contributed by atoms with E-state index in [1.54, 1.807) is 36.4 Å². The fraction of sp³-hybridized carbons (Fsp3) is 0.0667. The van der Waals surface area contributed by atoms with Gasteiger partial charge in [-0.25, -0.2) is 9.18 Å². The molecule has 0 bridgehead atoms. The van der Waals surface area contributed by atoms with E-state index in [-0.39, 0.29) is 16.9 Å². The molecular weight excluding hydrogens is 494 g/mol. The molecule has 5 aromatic rings. The molecule has 0 spiro atoms. The minimum Gasteiger partial charge on any atom is -0.351 e. The molecule has 0 saturated heterocycles. The van der Waals surface area contributed by atoms with Gasteiger partial charge in [-0.2, -0.15) is 13.2 Å². The number of nitrogens with zero attached hydrogens (tertiary/aromatic N) is 2. The lowest BCUT2D eigenvalue weighted by Crippen LogP contribution is -2.32. The van der Waals surface area contributed by atoms with E-state index in [0.29, 0.717) is 28.5 Å². The zero-order valence-corrected chi connectivity index (χ0v) is 19.9. The molecule has 4 aromatic carbocycles. The molecule has 0 aliphatic carbocycles. The first kappa shape index (κ1) is 25.0. The van der Waals surface area contributed by atoms with Crippen molar-refractivity contribution >= 4 is 28.3 Å². The van der Waals surface area contributed by atoms with Crippen LogP contribution in [0.3, 0.4) is 0 Å². The second-order valence-electron chi connectivity index (χ2n) is 8.70. The van der Waals surface area contributed by atoms with Crippen LogP contribution in [0, 0.1) is 5.82 Å². The number of halogens is 4. The van der Waals surface area contributed by atoms with Crippen molar-refractivity contribution in [2.24, 2.45) is 5.73 Å². The normalized spacial score (nSPS) is 11.5. The number of pyridine rings is 1. The number of fused-ring (bicyclic) bond motifs is 1. The predicted molar refractivity (Wildman–Crippen MR) is 140 cm³/mol. The third-order valence-electron chi connectivity index (χ3n) is 6.23. The van der Waals surface area contributed by atoms with Gasteiger partial charge in [-0.3, -0.25) is 9.88 Å². The summed E-state index contributed by atoms with van der Waals surface area (Å²) in [7, 11) is 0. The van der Waals surface area contributed by atoms with E-state index >= 15 is 0 Å². The number of hydrogen-bond donors (Lipinski definition) is 1. The second-order valence-corrected chi connectivity index (χ2v) is 8.70. The molecule has 5 rings (SSSR count). The van der Waals surface area contributed by atoms with E-state index < -0.39 is 23.6 Å². The highest BCUT2D eigenvalue weighted by Gasteiger charge is 2.33. The average molecular weight is 516 g/mol. The number of alkyl halides is 3. The van der Waals surface area contributed by atoms with Crippen LogP contribution in [-0.4, -0.2) is 11.0 Å². The first-order chi connectivity index (χ1) is 18.2. The van der Waals surface area contributed by atoms with Crippen molar-refractivity contribution in [3.05, 3.63) is 126 Å². The van der Waals surface area contributed by atoms with Crippen molar-refractivity contribution < 1.29 is 22.4 Å². The Balaban J connectivity index is 1.75. The summed E-state index contributed by atoms with van der Waals surface area (Å²) in [5.74, 6) is -0.648. The molecule has 0 atom stereocenters. The minimum absolute atomic E-state index is 0.0411. The Labute approximate surface area is 216 Å². The molecule has 0 radical (unpaired) electrons. The zero-order chi connectivity index (χ0) is 26.9. The van der Waals surface area contributed by atoms with Gasteiger partial charge < -0.3 is 5.73 Å². The highest BCUT2D eigenvalue weighted by atomic mass is 19.4. The Morgan fingerprint density at radius 2 is 1.58 bits per heavy atom. The fourth-order valence-electron chi connectivity index (χ4n) is 4.60. The van der Waals surface area contributed by atoms with Crippen molar-refractivity contribution in [1.29, 1.82) is 0 Å². The van der Waals surface area contributed by atoms with Crippen LogP contribution in [0.1, 0.15) is 16.7 Å². The van der Waals surface area contributed by atoms with E-state index in [1.165, 1.54) is 30.5 Å². The van der Waals surface area contributed by atoms with E-state index in [1.807, 2.05) is 30.3 Å². The summed E-state index contributed by atoms with van der Waals surface area (Å²) in [4.78, 5) is 17.7. The van der Waals surface area contributed by atoms with E-state index in [4.69, 9.17) is 5.73 Å². The minimum atomic E-state index is -4.60. The molecule has 0 unspecified atom stereocenters. The summed E-state index contributed by atoms with van der Waals surface area (Å²) < 4.78 is 56.2. The molecule has 0 saturated carbocycles. The average Bonchev–Trinajstić information content (AvgIpc) is 2.89. The Bertz CT molecular complexity index is 1630. The van der Waals surface area contributed by atoms with Gasteiger partial charge in [-0.05, 0) is 59.0 Å². The number of rotatable bonds is 5. The largest absolute Gasteiger partial charge is 0.418 e. The molecule has 190 valence electrons. The maximum atomic E-state index is 14.6. The molecule has 1 aromatic heterocycles. The Hall–Kier alpha value is -4.72. The molecule has 8 heteroatoms. The summed E-state index contributed by atoms with van der Waals surface area (Å²) in [5.41, 5.74) is 7.53. The van der Waals surface area contributed by atoms with Gasteiger partial charge in [0.25, 0.3) is 0 Å². The molecule has 4 nitrogen and oxygen atoms in total. The van der Waals surface area contributed by atoms with Crippen LogP contribution < -0.4 is 10.6 Å². The van der Waals surface area contributed by atoms with Crippen LogP contribution in [0.25, 0.3) is 22.0 Å². The van der Waals surface area contributed by atoms with Crippen molar-refractivity contribution in [1.82, 2.24) is 4.98 Å². The topological polar surface area (TPSA) is 59.2 Å². The van der Waals surface area contributed by atoms with Gasteiger partial charge in [0.2, 0.25) is 0 Å². The highest BCUT2D eigenvalue weighted by molar-refractivity contribution is 6.01. The van der Waals surface area contributed by atoms with Crippen molar-refractivity contribution in [3.8, 4) is 11.1 Å². The lowest BCUT2D eigenvalue weighted by atomic mass is 9.91. The van der Waals surface area contributed by atoms with Gasteiger partial charge in [-0.1, -0.05) is 66.7 Å². The first-order valence-electron chi connectivity index (χ1n) is 11.7. The molecule has 2 amide bonds. The Morgan fingerprint density at radius 1 is 0.868 bits per heavy atom. The standard InChI is InChI=1S/C30H21F4N3O/c31-25-14-4-5-15-26(25)37(29(35)38)22-11-6-10-20(17-22)27-21(16-19-8-2-1-3-9-19)18-36-28-23(27)12-7-13-24(28)30(32,33)34/h1-15,17-18H,16H2,(H2,35,38). The SMILES string of the molecule is NC(=O)N(c1cccc(-c2c(Cc3ccccc3)cnc3c(C(F)(F)F)cccc23)c1)c1ccccc1F. The van der Waals surface area contributed by atoms with Gasteiger partial charge in [0, 0.05) is 11.6 Å². The number of benzene rings is 4. The van der Waals surface area contributed by atoms with Crippen molar-refractivity contribution in [2.75, 3.05) is 4.90 Å². The number of carbonyl (C=O) groups is 1. The van der Waals surface area contributed by atoms with Crippen LogP contribution in [0.2, 0.25) is 0 Å². The molecular formula is C30H21F4N3O. The summed E-state index contributed by atoms with van der Waals surface area (Å²) in [6.45, 7) is 0. The third-order valence-corrected chi connectivity index (χ3v) is 6.23. The maximum Gasteiger partial charge on any atom is 0.418 e. The number of hydrogen-bond acceptors (Lipinski definition) is 2. The lowest BCUT2D eigenvalue weighted by Gasteiger charge is -2.22. The number of carbonyl (C=O) groups excluding carboxylic acids is 1. The van der Waals surface area contributed by atoms with Gasteiger partial charge in [0.15, 0.2) is 0 Å². The summed E-state index contributed by atoms with van der Waals surface area (Å²) in [6, 6.07) is 24.8. The second kappa shape index (κ2) is 9.97. The van der Waals surface area contributed by atoms with Crippen LogP contribution in [-0.2, 0) is 12.6 Å². The van der Waals surface area contributed by atoms with Crippen LogP contribution in [0.15, 0.2) is 103 Å². The molecule has 1 heterocycles. The molecule has 0 fully saturated rings. The fourth-order valence-corrected chi connectivity index (χ4v) is 4.60. The summed E-state index contributed by atoms with van der Waals surface area (Å²) >= 11 is 0. The number of nitrogens with two attached hydrogens (primary N) is 1. The van der Waals surface area contributed by atoms with E-state index in [9.17, 15) is 22.4 Å². The van der Waals surface area contributed by atoms with Gasteiger partial charge in [0.05, 0.1) is 22.5 Å². The molecule has 2 N–H and O–H groups in total. The Morgan fingerprint density at radius 3 is 2.29 bits per heavy atom. The quantitative estimate of drug-likeness (QED) is 0.242. The van der Waals surface area contributed by atoms with E-state index in [0.717, 1.165) is 16.5 Å². The predicted octanol–water partition coefficient (Wildman–Crippen LogP) is 7.87. The van der Waals surface area contributed by atoms with Gasteiger partial charge in [-0.15, -0.1) is 0 Å². The van der Waals surface area contributed by atoms with Crippen LogP contribution in [0.4, 0.5) is 33.7 Å². The van der Waals surface area contributed by atoms with Gasteiger partial charge >= 0.3 is 12.2 Å². The smallest absolute Gasteiger partial charge is 0.351 e. The third kappa shape index (κ3) is 4.80. The zero-order valence-electron chi connectivity index (χ0n) is 19.9.